The van der Waals surface area contributed by atoms with Crippen molar-refractivity contribution in [1.82, 2.24) is 0 Å². The molecule has 4 nitrogen and oxygen atoms in total. The van der Waals surface area contributed by atoms with Crippen LogP contribution < -0.4 is 5.46 Å². The average Bonchev–Trinajstić information content (AvgIpc) is 2.65. The third kappa shape index (κ3) is 3.27. The molecule has 0 bridgehead atoms. The molecule has 0 aliphatic carbocycles. The maximum absolute atomic E-state index is 13.4. The molecule has 1 heterocycles. The van der Waals surface area contributed by atoms with Crippen molar-refractivity contribution in [3.63, 3.8) is 0 Å². The zero-order valence-corrected chi connectivity index (χ0v) is 14.6. The molecule has 0 amide bonds. The highest BCUT2D eigenvalue weighted by atomic mass is 35.5. The summed E-state index contributed by atoms with van der Waals surface area (Å²) in [6, 6.07) is 1.70. The van der Waals surface area contributed by atoms with Crippen LogP contribution in [0.4, 0.5) is 13.2 Å². The summed E-state index contributed by atoms with van der Waals surface area (Å²) in [6.07, 6.45) is -4.68. The first-order chi connectivity index (χ1) is 10.8. The Labute approximate surface area is 143 Å². The fraction of sp³-hybridized carbons (Fsp3) is 0.533. The van der Waals surface area contributed by atoms with Crippen LogP contribution in [0.25, 0.3) is 0 Å². The summed E-state index contributed by atoms with van der Waals surface area (Å²) in [5, 5.41) is -0.352. The predicted molar refractivity (Wildman–Crippen MR) is 83.5 cm³/mol. The molecule has 1 fully saturated rings. The molecule has 24 heavy (non-hydrogen) atoms. The van der Waals surface area contributed by atoms with Crippen LogP contribution in [0, 0.1) is 0 Å². The van der Waals surface area contributed by atoms with E-state index in [2.05, 4.69) is 4.74 Å². The summed E-state index contributed by atoms with van der Waals surface area (Å²) >= 11 is 5.82. The van der Waals surface area contributed by atoms with Gasteiger partial charge in [0.15, 0.2) is 0 Å². The molecule has 2 rings (SSSR count). The van der Waals surface area contributed by atoms with E-state index in [0.717, 1.165) is 13.2 Å². The summed E-state index contributed by atoms with van der Waals surface area (Å²) < 4.78 is 56.1. The normalized spacial score (nSPS) is 19.5. The SMILES string of the molecule is COC(=O)c1cc(B2OC(C)(C)C(C)(C)O2)c(C(F)(F)F)cc1Cl. The van der Waals surface area contributed by atoms with Crippen molar-refractivity contribution in [2.24, 2.45) is 0 Å². The average molecular weight is 365 g/mol. The van der Waals surface area contributed by atoms with E-state index < -0.39 is 36.0 Å². The van der Waals surface area contributed by atoms with E-state index in [1.807, 2.05) is 0 Å². The lowest BCUT2D eigenvalue weighted by atomic mass is 9.75. The van der Waals surface area contributed by atoms with Crippen LogP contribution >= 0.6 is 11.6 Å². The number of carbonyl (C=O) groups is 1. The Hall–Kier alpha value is -1.25. The number of rotatable bonds is 2. The van der Waals surface area contributed by atoms with Crippen molar-refractivity contribution in [2.45, 2.75) is 45.1 Å². The molecular weight excluding hydrogens is 347 g/mol. The van der Waals surface area contributed by atoms with Crippen molar-refractivity contribution >= 4 is 30.2 Å². The van der Waals surface area contributed by atoms with Gasteiger partial charge in [0.2, 0.25) is 0 Å². The maximum Gasteiger partial charge on any atom is 0.495 e. The second-order valence-electron chi connectivity index (χ2n) is 6.50. The van der Waals surface area contributed by atoms with Crippen LogP contribution in [-0.2, 0) is 20.2 Å². The smallest absolute Gasteiger partial charge is 0.465 e. The molecule has 0 saturated carbocycles. The first-order valence-electron chi connectivity index (χ1n) is 7.15. The first-order valence-corrected chi connectivity index (χ1v) is 7.52. The minimum absolute atomic E-state index is 0.183. The van der Waals surface area contributed by atoms with Crippen LogP contribution in [0.3, 0.4) is 0 Å². The number of ether oxygens (including phenoxy) is 1. The number of esters is 1. The summed E-state index contributed by atoms with van der Waals surface area (Å²) in [5.41, 5.74) is -3.17. The Morgan fingerprint density at radius 3 is 2.08 bits per heavy atom. The van der Waals surface area contributed by atoms with Crippen LogP contribution in [0.15, 0.2) is 12.1 Å². The third-order valence-electron chi connectivity index (χ3n) is 4.36. The predicted octanol–water partition coefficient (Wildman–Crippen LogP) is 3.44. The van der Waals surface area contributed by atoms with E-state index in [4.69, 9.17) is 20.9 Å². The van der Waals surface area contributed by atoms with Crippen molar-refractivity contribution in [2.75, 3.05) is 7.11 Å². The fourth-order valence-corrected chi connectivity index (χ4v) is 2.51. The van der Waals surface area contributed by atoms with Crippen LogP contribution in [0.5, 0.6) is 0 Å². The fourth-order valence-electron chi connectivity index (χ4n) is 2.27. The second-order valence-corrected chi connectivity index (χ2v) is 6.90. The number of alkyl halides is 3. The summed E-state index contributed by atoms with van der Waals surface area (Å²) in [6.45, 7) is 6.88. The van der Waals surface area contributed by atoms with Crippen molar-refractivity contribution in [1.29, 1.82) is 0 Å². The lowest BCUT2D eigenvalue weighted by Crippen LogP contribution is -2.41. The molecule has 9 heteroatoms. The van der Waals surface area contributed by atoms with E-state index >= 15 is 0 Å². The van der Waals surface area contributed by atoms with Gasteiger partial charge in [-0.1, -0.05) is 11.6 Å². The molecule has 0 N–H and O–H groups in total. The van der Waals surface area contributed by atoms with Crippen LogP contribution in [0.2, 0.25) is 5.02 Å². The number of carbonyl (C=O) groups excluding carboxylic acids is 1. The Bertz CT molecular complexity index is 657. The van der Waals surface area contributed by atoms with Crippen molar-refractivity contribution < 1.29 is 32.0 Å². The monoisotopic (exact) mass is 364 g/mol. The zero-order valence-electron chi connectivity index (χ0n) is 13.9. The summed E-state index contributed by atoms with van der Waals surface area (Å²) in [4.78, 5) is 11.7. The van der Waals surface area contributed by atoms with Gasteiger partial charge in [0.05, 0.1) is 34.5 Å². The first kappa shape index (κ1) is 19.1. The molecule has 1 aliphatic heterocycles. The van der Waals surface area contributed by atoms with Gasteiger partial charge in [0.25, 0.3) is 0 Å². The highest BCUT2D eigenvalue weighted by molar-refractivity contribution is 6.63. The minimum atomic E-state index is -4.68. The Morgan fingerprint density at radius 1 is 1.17 bits per heavy atom. The van der Waals surface area contributed by atoms with Gasteiger partial charge in [-0.3, -0.25) is 0 Å². The van der Waals surface area contributed by atoms with E-state index in [-0.39, 0.29) is 16.0 Å². The second kappa shape index (κ2) is 5.93. The van der Waals surface area contributed by atoms with Crippen molar-refractivity contribution in [3.8, 4) is 0 Å². The molecule has 0 atom stereocenters. The van der Waals surface area contributed by atoms with Crippen molar-refractivity contribution in [3.05, 3.63) is 28.3 Å². The van der Waals surface area contributed by atoms with Gasteiger partial charge in [0.1, 0.15) is 0 Å². The van der Waals surface area contributed by atoms with Crippen LogP contribution in [0.1, 0.15) is 43.6 Å². The zero-order chi connectivity index (χ0) is 18.5. The minimum Gasteiger partial charge on any atom is -0.465 e. The molecule has 1 aliphatic rings. The number of methoxy groups -OCH3 is 1. The van der Waals surface area contributed by atoms with E-state index in [0.29, 0.717) is 6.07 Å². The van der Waals surface area contributed by atoms with Gasteiger partial charge in [-0.25, -0.2) is 4.79 Å². The van der Waals surface area contributed by atoms with Gasteiger partial charge in [0, 0.05) is 0 Å². The van der Waals surface area contributed by atoms with Crippen LogP contribution in [-0.4, -0.2) is 31.4 Å². The van der Waals surface area contributed by atoms with Gasteiger partial charge in [-0.05, 0) is 45.3 Å². The molecule has 1 aromatic carbocycles. The Kier molecular flexibility index (Phi) is 4.72. The van der Waals surface area contributed by atoms with Gasteiger partial charge in [-0.2, -0.15) is 13.2 Å². The van der Waals surface area contributed by atoms with Gasteiger partial charge >= 0.3 is 19.3 Å². The molecule has 0 aromatic heterocycles. The summed E-state index contributed by atoms with van der Waals surface area (Å²) in [7, 11) is -0.169. The molecule has 132 valence electrons. The number of hydrogen-bond acceptors (Lipinski definition) is 4. The number of halogens is 4. The maximum atomic E-state index is 13.4. The molecular formula is C15H17BClF3O4. The molecule has 1 saturated heterocycles. The lowest BCUT2D eigenvalue weighted by molar-refractivity contribution is -0.136. The summed E-state index contributed by atoms with van der Waals surface area (Å²) in [5.74, 6) is -0.841. The van der Waals surface area contributed by atoms with E-state index in [1.165, 1.54) is 0 Å². The highest BCUT2D eigenvalue weighted by Crippen LogP contribution is 2.39. The highest BCUT2D eigenvalue weighted by Gasteiger charge is 2.54. The quantitative estimate of drug-likeness (QED) is 0.596. The molecule has 0 radical (unpaired) electrons. The Morgan fingerprint density at radius 2 is 1.67 bits per heavy atom. The topological polar surface area (TPSA) is 44.8 Å². The van der Waals surface area contributed by atoms with Gasteiger partial charge < -0.3 is 14.0 Å². The number of benzene rings is 1. The number of hydrogen-bond donors (Lipinski definition) is 0. The molecule has 0 unspecified atom stereocenters. The molecule has 1 aromatic rings. The van der Waals surface area contributed by atoms with E-state index in [1.54, 1.807) is 27.7 Å². The lowest BCUT2D eigenvalue weighted by Gasteiger charge is -2.32. The standard InChI is InChI=1S/C15H17BClF3O4/c1-13(2)14(3,4)24-16(23-13)10-6-8(12(21)22-5)11(17)7-9(10)15(18,19)20/h6-7H,1-5H3. The van der Waals surface area contributed by atoms with E-state index in [9.17, 15) is 18.0 Å². The molecule has 0 spiro atoms. The largest absolute Gasteiger partial charge is 0.495 e. The Balaban J connectivity index is 2.61. The van der Waals surface area contributed by atoms with Gasteiger partial charge in [-0.15, -0.1) is 0 Å². The third-order valence-corrected chi connectivity index (χ3v) is 4.67.